The zero-order chi connectivity index (χ0) is 14.5. The van der Waals surface area contributed by atoms with Gasteiger partial charge in [0.25, 0.3) is 0 Å². The van der Waals surface area contributed by atoms with Gasteiger partial charge >= 0.3 is 0 Å². The number of nitrogens with zero attached hydrogens (tertiary/aromatic N) is 2. The monoisotopic (exact) mass is 285 g/mol. The summed E-state index contributed by atoms with van der Waals surface area (Å²) in [5, 5.41) is 3.38. The molecule has 1 aromatic heterocycles. The zero-order valence-electron chi connectivity index (χ0n) is 12.0. The SMILES string of the molecule is COc1ccccc1OC(c1cnccn1)C1CCNC1. The molecule has 1 fully saturated rings. The highest BCUT2D eigenvalue weighted by Crippen LogP contribution is 2.35. The molecule has 0 aliphatic carbocycles. The summed E-state index contributed by atoms with van der Waals surface area (Å²) in [6, 6.07) is 7.69. The molecule has 5 nitrogen and oxygen atoms in total. The third-order valence-electron chi connectivity index (χ3n) is 3.72. The van der Waals surface area contributed by atoms with Crippen LogP contribution in [0.15, 0.2) is 42.9 Å². The number of para-hydroxylation sites is 2. The van der Waals surface area contributed by atoms with Crippen LogP contribution in [0.5, 0.6) is 11.5 Å². The van der Waals surface area contributed by atoms with Gasteiger partial charge < -0.3 is 14.8 Å². The van der Waals surface area contributed by atoms with Crippen molar-refractivity contribution < 1.29 is 9.47 Å². The lowest BCUT2D eigenvalue weighted by Gasteiger charge is -2.24. The highest BCUT2D eigenvalue weighted by Gasteiger charge is 2.29. The van der Waals surface area contributed by atoms with Gasteiger partial charge in [-0.3, -0.25) is 9.97 Å². The summed E-state index contributed by atoms with van der Waals surface area (Å²) in [5.41, 5.74) is 0.858. The predicted molar refractivity (Wildman–Crippen MR) is 79.4 cm³/mol. The van der Waals surface area contributed by atoms with Gasteiger partial charge in [0.1, 0.15) is 6.10 Å². The maximum Gasteiger partial charge on any atom is 0.162 e. The second-order valence-corrected chi connectivity index (χ2v) is 5.07. The van der Waals surface area contributed by atoms with E-state index in [1.54, 1.807) is 25.7 Å². The Labute approximate surface area is 124 Å². The van der Waals surface area contributed by atoms with Crippen molar-refractivity contribution in [3.8, 4) is 11.5 Å². The van der Waals surface area contributed by atoms with Crippen LogP contribution in [0, 0.1) is 5.92 Å². The largest absolute Gasteiger partial charge is 0.493 e. The van der Waals surface area contributed by atoms with E-state index in [4.69, 9.17) is 9.47 Å². The van der Waals surface area contributed by atoms with Crippen LogP contribution in [-0.4, -0.2) is 30.2 Å². The zero-order valence-corrected chi connectivity index (χ0v) is 12.0. The van der Waals surface area contributed by atoms with Gasteiger partial charge in [-0.1, -0.05) is 12.1 Å². The molecule has 1 aliphatic heterocycles. The topological polar surface area (TPSA) is 56.3 Å². The van der Waals surface area contributed by atoms with Crippen molar-refractivity contribution in [2.24, 2.45) is 5.92 Å². The van der Waals surface area contributed by atoms with Gasteiger partial charge in [-0.15, -0.1) is 0 Å². The maximum atomic E-state index is 6.24. The quantitative estimate of drug-likeness (QED) is 0.913. The van der Waals surface area contributed by atoms with E-state index in [0.29, 0.717) is 5.92 Å². The molecule has 110 valence electrons. The normalized spacial score (nSPS) is 19.2. The van der Waals surface area contributed by atoms with Gasteiger partial charge in [-0.2, -0.15) is 0 Å². The molecule has 1 aliphatic rings. The Kier molecular flexibility index (Phi) is 4.31. The van der Waals surface area contributed by atoms with Crippen molar-refractivity contribution >= 4 is 0 Å². The number of nitrogens with one attached hydrogen (secondary N) is 1. The Bertz CT molecular complexity index is 571. The first kappa shape index (κ1) is 13.8. The second kappa shape index (κ2) is 6.54. The van der Waals surface area contributed by atoms with E-state index < -0.39 is 0 Å². The Morgan fingerprint density at radius 1 is 1.24 bits per heavy atom. The highest BCUT2D eigenvalue weighted by molar-refractivity contribution is 5.39. The summed E-state index contributed by atoms with van der Waals surface area (Å²) < 4.78 is 11.6. The number of ether oxygens (including phenoxy) is 2. The summed E-state index contributed by atoms with van der Waals surface area (Å²) in [4.78, 5) is 8.59. The molecule has 0 amide bonds. The summed E-state index contributed by atoms with van der Waals surface area (Å²) in [7, 11) is 1.65. The first-order valence-corrected chi connectivity index (χ1v) is 7.15. The van der Waals surface area contributed by atoms with E-state index in [-0.39, 0.29) is 6.10 Å². The molecule has 0 bridgehead atoms. The molecule has 2 unspecified atom stereocenters. The number of hydrogen-bond donors (Lipinski definition) is 1. The van der Waals surface area contributed by atoms with Gasteiger partial charge in [-0.05, 0) is 25.1 Å². The lowest BCUT2D eigenvalue weighted by molar-refractivity contribution is 0.134. The second-order valence-electron chi connectivity index (χ2n) is 5.07. The molecule has 1 saturated heterocycles. The van der Waals surface area contributed by atoms with Crippen molar-refractivity contribution in [3.63, 3.8) is 0 Å². The average Bonchev–Trinajstić information content (AvgIpc) is 3.08. The minimum absolute atomic E-state index is 0.120. The smallest absolute Gasteiger partial charge is 0.162 e. The number of aromatic nitrogens is 2. The van der Waals surface area contributed by atoms with Crippen LogP contribution in [0.25, 0.3) is 0 Å². The number of rotatable bonds is 5. The van der Waals surface area contributed by atoms with Crippen LogP contribution < -0.4 is 14.8 Å². The number of hydrogen-bond acceptors (Lipinski definition) is 5. The molecular formula is C16H19N3O2. The number of methoxy groups -OCH3 is 1. The molecule has 3 rings (SSSR count). The molecule has 2 atom stereocenters. The van der Waals surface area contributed by atoms with E-state index in [1.165, 1.54) is 0 Å². The van der Waals surface area contributed by atoms with Crippen molar-refractivity contribution in [2.45, 2.75) is 12.5 Å². The Morgan fingerprint density at radius 3 is 2.76 bits per heavy atom. The van der Waals surface area contributed by atoms with Crippen LogP contribution in [0.3, 0.4) is 0 Å². The lowest BCUT2D eigenvalue weighted by atomic mass is 9.99. The summed E-state index contributed by atoms with van der Waals surface area (Å²) in [6.45, 7) is 1.94. The van der Waals surface area contributed by atoms with Crippen molar-refractivity contribution in [3.05, 3.63) is 48.5 Å². The minimum atomic E-state index is -0.120. The van der Waals surface area contributed by atoms with Crippen molar-refractivity contribution in [1.82, 2.24) is 15.3 Å². The highest BCUT2D eigenvalue weighted by atomic mass is 16.5. The van der Waals surface area contributed by atoms with Gasteiger partial charge in [0.2, 0.25) is 0 Å². The fourth-order valence-corrected chi connectivity index (χ4v) is 2.64. The summed E-state index contributed by atoms with van der Waals surface area (Å²) in [5.74, 6) is 1.85. The molecule has 1 aromatic carbocycles. The van der Waals surface area contributed by atoms with Gasteiger partial charge in [0, 0.05) is 24.9 Å². The van der Waals surface area contributed by atoms with E-state index in [2.05, 4.69) is 15.3 Å². The molecule has 0 radical (unpaired) electrons. The fourth-order valence-electron chi connectivity index (χ4n) is 2.64. The van der Waals surface area contributed by atoms with Crippen LogP contribution in [-0.2, 0) is 0 Å². The summed E-state index contributed by atoms with van der Waals surface area (Å²) in [6.07, 6.45) is 6.10. The third-order valence-corrected chi connectivity index (χ3v) is 3.72. The number of benzene rings is 1. The molecule has 5 heteroatoms. The first-order chi connectivity index (χ1) is 10.4. The Hall–Kier alpha value is -2.14. The van der Waals surface area contributed by atoms with Crippen LogP contribution in [0.1, 0.15) is 18.2 Å². The molecule has 21 heavy (non-hydrogen) atoms. The van der Waals surface area contributed by atoms with Crippen molar-refractivity contribution in [2.75, 3.05) is 20.2 Å². The summed E-state index contributed by atoms with van der Waals surface area (Å²) >= 11 is 0. The average molecular weight is 285 g/mol. The first-order valence-electron chi connectivity index (χ1n) is 7.15. The fraction of sp³-hybridized carbons (Fsp3) is 0.375. The molecule has 1 N–H and O–H groups in total. The van der Waals surface area contributed by atoms with Crippen LogP contribution in [0.4, 0.5) is 0 Å². The molecule has 2 aromatic rings. The molecule has 0 spiro atoms. The van der Waals surface area contributed by atoms with Gasteiger partial charge in [0.05, 0.1) is 19.0 Å². The molecule has 2 heterocycles. The van der Waals surface area contributed by atoms with Gasteiger partial charge in [0.15, 0.2) is 11.5 Å². The standard InChI is InChI=1S/C16H19N3O2/c1-20-14-4-2-3-5-15(14)21-16(12-6-7-17-10-12)13-11-18-8-9-19-13/h2-5,8-9,11-12,16-17H,6-7,10H2,1H3. The van der Waals surface area contributed by atoms with Crippen LogP contribution in [0.2, 0.25) is 0 Å². The lowest BCUT2D eigenvalue weighted by Crippen LogP contribution is -2.22. The predicted octanol–water partition coefficient (Wildman–Crippen LogP) is 2.21. The van der Waals surface area contributed by atoms with Gasteiger partial charge in [-0.25, -0.2) is 0 Å². The van der Waals surface area contributed by atoms with Crippen LogP contribution >= 0.6 is 0 Å². The Balaban J connectivity index is 1.88. The van der Waals surface area contributed by atoms with E-state index in [1.807, 2.05) is 24.3 Å². The molecule has 0 saturated carbocycles. The third kappa shape index (κ3) is 3.13. The Morgan fingerprint density at radius 2 is 2.10 bits per heavy atom. The van der Waals surface area contributed by atoms with Crippen molar-refractivity contribution in [1.29, 1.82) is 0 Å². The van der Waals surface area contributed by atoms with E-state index >= 15 is 0 Å². The maximum absolute atomic E-state index is 6.24. The molecular weight excluding hydrogens is 266 g/mol. The minimum Gasteiger partial charge on any atom is -0.493 e. The van der Waals surface area contributed by atoms with E-state index in [0.717, 1.165) is 36.7 Å². The van der Waals surface area contributed by atoms with E-state index in [9.17, 15) is 0 Å².